The molecule has 5 nitrogen and oxygen atoms in total. The van der Waals surface area contributed by atoms with E-state index in [1.165, 1.54) is 30.3 Å². The molecule has 1 atom stereocenters. The summed E-state index contributed by atoms with van der Waals surface area (Å²) < 4.78 is 0. The predicted molar refractivity (Wildman–Crippen MR) is 72.3 cm³/mol. The van der Waals surface area contributed by atoms with Gasteiger partial charge in [-0.1, -0.05) is 0 Å². The average molecular weight is 282 g/mol. The zero-order chi connectivity index (χ0) is 13.8. The third-order valence-electron chi connectivity index (χ3n) is 3.29. The van der Waals surface area contributed by atoms with Crippen molar-refractivity contribution in [1.29, 1.82) is 0 Å². The van der Waals surface area contributed by atoms with Crippen molar-refractivity contribution >= 4 is 23.2 Å². The van der Waals surface area contributed by atoms with Crippen LogP contribution in [-0.2, 0) is 28.9 Å². The van der Waals surface area contributed by atoms with Gasteiger partial charge in [0.1, 0.15) is 5.92 Å². The minimum Gasteiger partial charge on any atom is -0.481 e. The van der Waals surface area contributed by atoms with Crippen LogP contribution >= 0.6 is 11.3 Å². The number of hydrogen-bond acceptors (Lipinski definition) is 4. The minimum absolute atomic E-state index is 0.436. The lowest BCUT2D eigenvalue weighted by Crippen LogP contribution is -2.34. The van der Waals surface area contributed by atoms with E-state index >= 15 is 0 Å². The smallest absolute Gasteiger partial charge is 0.315 e. The van der Waals surface area contributed by atoms with E-state index in [0.29, 0.717) is 13.0 Å². The quantitative estimate of drug-likeness (QED) is 0.800. The van der Waals surface area contributed by atoms with Gasteiger partial charge in [0.2, 0.25) is 5.91 Å². The van der Waals surface area contributed by atoms with E-state index in [1.54, 1.807) is 11.3 Å². The molecule has 0 aliphatic heterocycles. The molecule has 0 fully saturated rings. The van der Waals surface area contributed by atoms with Crippen molar-refractivity contribution in [3.63, 3.8) is 0 Å². The van der Waals surface area contributed by atoms with Crippen LogP contribution in [0.25, 0.3) is 0 Å². The summed E-state index contributed by atoms with van der Waals surface area (Å²) in [4.78, 5) is 28.1. The van der Waals surface area contributed by atoms with Gasteiger partial charge in [-0.3, -0.25) is 9.59 Å². The molecule has 1 amide bonds. The standard InChI is InChI=1S/C13H18N2O3S/c1-8(13(17)18)12(16)14-7-6-11-15-9-4-2-3-5-10(9)19-11/h8H,2-7H2,1H3,(H,14,16)(H,17,18). The number of aryl methyl sites for hydroxylation is 2. The van der Waals surface area contributed by atoms with Crippen LogP contribution in [0.5, 0.6) is 0 Å². The maximum Gasteiger partial charge on any atom is 0.315 e. The molecular formula is C13H18N2O3S. The number of rotatable bonds is 5. The molecular weight excluding hydrogens is 264 g/mol. The summed E-state index contributed by atoms with van der Waals surface area (Å²) >= 11 is 1.72. The highest BCUT2D eigenvalue weighted by Gasteiger charge is 2.20. The van der Waals surface area contributed by atoms with Crippen LogP contribution < -0.4 is 5.32 Å². The van der Waals surface area contributed by atoms with Crippen LogP contribution in [0.1, 0.15) is 35.3 Å². The Labute approximate surface area is 116 Å². The maximum absolute atomic E-state index is 11.5. The van der Waals surface area contributed by atoms with Crippen LogP contribution in [0.3, 0.4) is 0 Å². The molecule has 1 heterocycles. The summed E-state index contributed by atoms with van der Waals surface area (Å²) in [5.74, 6) is -2.53. The number of nitrogens with zero attached hydrogens (tertiary/aromatic N) is 1. The Balaban J connectivity index is 1.81. The van der Waals surface area contributed by atoms with Gasteiger partial charge in [-0.25, -0.2) is 4.98 Å². The zero-order valence-corrected chi connectivity index (χ0v) is 11.8. The van der Waals surface area contributed by atoms with E-state index in [1.807, 2.05) is 0 Å². The number of carbonyl (C=O) groups is 2. The predicted octanol–water partition coefficient (Wildman–Crippen LogP) is 1.40. The second kappa shape index (κ2) is 6.14. The third kappa shape index (κ3) is 3.53. The highest BCUT2D eigenvalue weighted by molar-refractivity contribution is 7.11. The summed E-state index contributed by atoms with van der Waals surface area (Å²) in [5.41, 5.74) is 1.22. The first-order valence-corrected chi connectivity index (χ1v) is 7.37. The fourth-order valence-electron chi connectivity index (χ4n) is 2.07. The van der Waals surface area contributed by atoms with E-state index in [-0.39, 0.29) is 0 Å². The SMILES string of the molecule is CC(C(=O)O)C(=O)NCCc1nc2c(s1)CCCC2. The molecule has 1 aromatic heterocycles. The number of carboxylic acid groups (broad SMARTS) is 1. The Morgan fingerprint density at radius 3 is 2.84 bits per heavy atom. The van der Waals surface area contributed by atoms with Crippen LogP contribution in [0.2, 0.25) is 0 Å². The van der Waals surface area contributed by atoms with E-state index in [4.69, 9.17) is 5.11 Å². The van der Waals surface area contributed by atoms with Crippen LogP contribution in [-0.4, -0.2) is 28.5 Å². The van der Waals surface area contributed by atoms with Gasteiger partial charge >= 0.3 is 5.97 Å². The molecule has 1 aliphatic carbocycles. The Morgan fingerprint density at radius 2 is 2.16 bits per heavy atom. The molecule has 1 unspecified atom stereocenters. The van der Waals surface area contributed by atoms with E-state index in [2.05, 4.69) is 10.3 Å². The third-order valence-corrected chi connectivity index (χ3v) is 4.51. The lowest BCUT2D eigenvalue weighted by atomic mass is 10.0. The van der Waals surface area contributed by atoms with Gasteiger partial charge in [-0.05, 0) is 32.6 Å². The van der Waals surface area contributed by atoms with Gasteiger partial charge in [-0.15, -0.1) is 11.3 Å². The molecule has 104 valence electrons. The number of nitrogens with one attached hydrogen (secondary N) is 1. The Bertz CT molecular complexity index is 461. The van der Waals surface area contributed by atoms with Crippen molar-refractivity contribution in [2.45, 2.75) is 39.0 Å². The molecule has 0 radical (unpaired) electrons. The number of aromatic nitrogens is 1. The fraction of sp³-hybridized carbons (Fsp3) is 0.615. The molecule has 19 heavy (non-hydrogen) atoms. The van der Waals surface area contributed by atoms with Gasteiger partial charge in [0.15, 0.2) is 0 Å². The van der Waals surface area contributed by atoms with Crippen molar-refractivity contribution in [3.8, 4) is 0 Å². The van der Waals surface area contributed by atoms with Crippen molar-refractivity contribution in [2.75, 3.05) is 6.54 Å². The molecule has 0 spiro atoms. The van der Waals surface area contributed by atoms with E-state index in [0.717, 1.165) is 17.8 Å². The normalized spacial score (nSPS) is 15.6. The number of amides is 1. The van der Waals surface area contributed by atoms with E-state index in [9.17, 15) is 9.59 Å². The second-order valence-corrected chi connectivity index (χ2v) is 5.95. The number of carboxylic acids is 1. The monoisotopic (exact) mass is 282 g/mol. The van der Waals surface area contributed by atoms with Crippen molar-refractivity contribution in [1.82, 2.24) is 10.3 Å². The molecule has 1 aliphatic rings. The van der Waals surface area contributed by atoms with E-state index < -0.39 is 17.8 Å². The maximum atomic E-state index is 11.5. The lowest BCUT2D eigenvalue weighted by molar-refractivity contribution is -0.146. The van der Waals surface area contributed by atoms with Crippen LogP contribution in [0, 0.1) is 5.92 Å². The highest BCUT2D eigenvalue weighted by Crippen LogP contribution is 2.26. The first-order chi connectivity index (χ1) is 9.08. The summed E-state index contributed by atoms with van der Waals surface area (Å²) in [6.07, 6.45) is 5.31. The molecule has 1 aromatic rings. The Kier molecular flexibility index (Phi) is 4.52. The summed E-state index contributed by atoms with van der Waals surface area (Å²) in [7, 11) is 0. The first kappa shape index (κ1) is 14.0. The van der Waals surface area contributed by atoms with Gasteiger partial charge in [0, 0.05) is 17.8 Å². The number of fused-ring (bicyclic) bond motifs is 1. The largest absolute Gasteiger partial charge is 0.481 e. The van der Waals surface area contributed by atoms with Gasteiger partial charge in [0.05, 0.1) is 10.7 Å². The molecule has 0 bridgehead atoms. The Hall–Kier alpha value is -1.43. The number of aliphatic carboxylic acids is 1. The van der Waals surface area contributed by atoms with Crippen molar-refractivity contribution in [2.24, 2.45) is 5.92 Å². The number of thiazole rings is 1. The number of carbonyl (C=O) groups excluding carboxylic acids is 1. The average Bonchev–Trinajstić information content (AvgIpc) is 2.80. The second-order valence-electron chi connectivity index (χ2n) is 4.79. The molecule has 0 saturated carbocycles. The zero-order valence-electron chi connectivity index (χ0n) is 10.9. The molecule has 6 heteroatoms. The summed E-state index contributed by atoms with van der Waals surface area (Å²) in [6.45, 7) is 1.84. The highest BCUT2D eigenvalue weighted by atomic mass is 32.1. The topological polar surface area (TPSA) is 79.3 Å². The van der Waals surface area contributed by atoms with Gasteiger partial charge in [0.25, 0.3) is 0 Å². The minimum atomic E-state index is -1.10. The van der Waals surface area contributed by atoms with Crippen molar-refractivity contribution < 1.29 is 14.7 Å². The van der Waals surface area contributed by atoms with Crippen LogP contribution in [0.15, 0.2) is 0 Å². The first-order valence-electron chi connectivity index (χ1n) is 6.56. The van der Waals surface area contributed by atoms with Gasteiger partial charge < -0.3 is 10.4 Å². The lowest BCUT2D eigenvalue weighted by Gasteiger charge is -2.07. The summed E-state index contributed by atoms with van der Waals surface area (Å²) in [6, 6.07) is 0. The molecule has 2 rings (SSSR count). The molecule has 0 aromatic carbocycles. The van der Waals surface area contributed by atoms with Crippen molar-refractivity contribution in [3.05, 3.63) is 15.6 Å². The van der Waals surface area contributed by atoms with Gasteiger partial charge in [-0.2, -0.15) is 0 Å². The molecule has 2 N–H and O–H groups in total. The van der Waals surface area contributed by atoms with Crippen LogP contribution in [0.4, 0.5) is 0 Å². The number of hydrogen-bond donors (Lipinski definition) is 2. The Morgan fingerprint density at radius 1 is 1.42 bits per heavy atom. The molecule has 0 saturated heterocycles. The fourth-order valence-corrected chi connectivity index (χ4v) is 3.23. The summed E-state index contributed by atoms with van der Waals surface area (Å²) in [5, 5.41) is 12.4.